The van der Waals surface area contributed by atoms with Gasteiger partial charge in [-0.1, -0.05) is 0 Å². The second-order valence-electron chi connectivity index (χ2n) is 5.19. The van der Waals surface area contributed by atoms with Gasteiger partial charge in [0.25, 0.3) is 0 Å². The van der Waals surface area contributed by atoms with Crippen molar-refractivity contribution in [2.24, 2.45) is 0 Å². The first-order valence-corrected chi connectivity index (χ1v) is 6.93. The summed E-state index contributed by atoms with van der Waals surface area (Å²) in [5.74, 6) is -1.35. The Labute approximate surface area is 121 Å². The molecule has 0 spiro atoms. The molecular weight excluding hydrogens is 280 g/mol. The number of rotatable bonds is 3. The number of aliphatic hydroxyl groups excluding tert-OH is 1. The van der Waals surface area contributed by atoms with E-state index in [1.807, 2.05) is 0 Å². The molecule has 0 saturated carbocycles. The summed E-state index contributed by atoms with van der Waals surface area (Å²) in [7, 11) is 0. The van der Waals surface area contributed by atoms with Crippen molar-refractivity contribution in [2.45, 2.75) is 18.6 Å². The summed E-state index contributed by atoms with van der Waals surface area (Å²) >= 11 is 0. The number of nitrogens with one attached hydrogen (secondary N) is 2. The molecule has 2 aliphatic rings. The zero-order chi connectivity index (χ0) is 15.4. The summed E-state index contributed by atoms with van der Waals surface area (Å²) in [5.41, 5.74) is 0. The zero-order valence-corrected chi connectivity index (χ0v) is 11.6. The van der Waals surface area contributed by atoms with Gasteiger partial charge in [0.1, 0.15) is 6.04 Å². The first-order chi connectivity index (χ1) is 9.99. The number of hydrogen-bond donors (Lipinski definition) is 4. The largest absolute Gasteiger partial charge is 0.480 e. The molecule has 4 N–H and O–H groups in total. The third-order valence-corrected chi connectivity index (χ3v) is 3.69. The molecule has 9 nitrogen and oxygen atoms in total. The second kappa shape index (κ2) is 6.72. The van der Waals surface area contributed by atoms with E-state index < -0.39 is 24.1 Å². The van der Waals surface area contributed by atoms with E-state index in [0.29, 0.717) is 13.1 Å². The maximum Gasteiger partial charge on any atom is 0.326 e. The molecule has 2 atom stereocenters. The smallest absolute Gasteiger partial charge is 0.326 e. The summed E-state index contributed by atoms with van der Waals surface area (Å²) in [5, 5.41) is 24.0. The number of urea groups is 1. The van der Waals surface area contributed by atoms with Gasteiger partial charge in [0.15, 0.2) is 0 Å². The molecule has 0 radical (unpaired) electrons. The summed E-state index contributed by atoms with van der Waals surface area (Å²) in [6.45, 7) is 2.42. The Kier molecular flexibility index (Phi) is 4.97. The zero-order valence-electron chi connectivity index (χ0n) is 11.6. The van der Waals surface area contributed by atoms with Gasteiger partial charge in [0, 0.05) is 39.1 Å². The van der Waals surface area contributed by atoms with Crippen LogP contribution in [-0.4, -0.2) is 89.3 Å². The SMILES string of the molecule is O=C(O)[C@@H]1CC(O)CN1C(=O)NCC(=O)N1CCNCC1. The van der Waals surface area contributed by atoms with Crippen molar-refractivity contribution >= 4 is 17.9 Å². The molecule has 2 fully saturated rings. The third kappa shape index (κ3) is 3.82. The minimum absolute atomic E-state index is 0.00843. The molecule has 3 amide bonds. The van der Waals surface area contributed by atoms with Crippen LogP contribution < -0.4 is 10.6 Å². The molecule has 118 valence electrons. The average Bonchev–Trinajstić information content (AvgIpc) is 2.87. The Balaban J connectivity index is 1.83. The van der Waals surface area contributed by atoms with Crippen LogP contribution in [-0.2, 0) is 9.59 Å². The number of carboxylic acids is 1. The van der Waals surface area contributed by atoms with Crippen molar-refractivity contribution in [3.05, 3.63) is 0 Å². The van der Waals surface area contributed by atoms with E-state index in [2.05, 4.69) is 10.6 Å². The molecule has 9 heteroatoms. The number of carbonyl (C=O) groups is 3. The number of amides is 3. The summed E-state index contributed by atoms with van der Waals surface area (Å²) in [6, 6.07) is -1.68. The molecule has 0 bridgehead atoms. The van der Waals surface area contributed by atoms with Gasteiger partial charge in [-0.05, 0) is 0 Å². The number of piperazine rings is 1. The van der Waals surface area contributed by atoms with Crippen molar-refractivity contribution in [1.29, 1.82) is 0 Å². The fraction of sp³-hybridized carbons (Fsp3) is 0.750. The van der Waals surface area contributed by atoms with Gasteiger partial charge < -0.3 is 30.6 Å². The van der Waals surface area contributed by atoms with Crippen molar-refractivity contribution in [3.63, 3.8) is 0 Å². The molecule has 0 aromatic carbocycles. The molecule has 1 unspecified atom stereocenters. The highest BCUT2D eigenvalue weighted by Gasteiger charge is 2.39. The second-order valence-corrected chi connectivity index (χ2v) is 5.19. The van der Waals surface area contributed by atoms with Crippen LogP contribution in [0.1, 0.15) is 6.42 Å². The molecule has 2 saturated heterocycles. The maximum atomic E-state index is 12.0. The highest BCUT2D eigenvalue weighted by molar-refractivity contribution is 5.87. The van der Waals surface area contributed by atoms with E-state index in [1.165, 1.54) is 0 Å². The van der Waals surface area contributed by atoms with Crippen LogP contribution in [0.15, 0.2) is 0 Å². The quantitative estimate of drug-likeness (QED) is 0.463. The van der Waals surface area contributed by atoms with Crippen molar-refractivity contribution in [2.75, 3.05) is 39.3 Å². The first kappa shape index (κ1) is 15.5. The molecule has 2 rings (SSSR count). The number of nitrogens with zero attached hydrogens (tertiary/aromatic N) is 2. The fourth-order valence-corrected chi connectivity index (χ4v) is 2.55. The number of carboxylic acid groups (broad SMARTS) is 1. The number of aliphatic carboxylic acids is 1. The molecule has 0 aromatic heterocycles. The summed E-state index contributed by atoms with van der Waals surface area (Å²) < 4.78 is 0. The van der Waals surface area contributed by atoms with Crippen LogP contribution in [0.2, 0.25) is 0 Å². The van der Waals surface area contributed by atoms with Gasteiger partial charge in [0.2, 0.25) is 5.91 Å². The number of likely N-dealkylation sites (tertiary alicyclic amines) is 1. The molecular formula is C12H20N4O5. The summed E-state index contributed by atoms with van der Waals surface area (Å²) in [4.78, 5) is 37.6. The lowest BCUT2D eigenvalue weighted by Gasteiger charge is -2.28. The van der Waals surface area contributed by atoms with E-state index in [4.69, 9.17) is 5.11 Å². The predicted octanol–water partition coefficient (Wildman–Crippen LogP) is -2.35. The van der Waals surface area contributed by atoms with Crippen LogP contribution >= 0.6 is 0 Å². The molecule has 2 aliphatic heterocycles. The van der Waals surface area contributed by atoms with Gasteiger partial charge >= 0.3 is 12.0 Å². The van der Waals surface area contributed by atoms with E-state index in [-0.39, 0.29) is 25.4 Å². The Bertz CT molecular complexity index is 424. The van der Waals surface area contributed by atoms with Crippen LogP contribution in [0.5, 0.6) is 0 Å². The Morgan fingerprint density at radius 2 is 1.90 bits per heavy atom. The van der Waals surface area contributed by atoms with Crippen LogP contribution in [0.25, 0.3) is 0 Å². The van der Waals surface area contributed by atoms with Crippen molar-refractivity contribution in [1.82, 2.24) is 20.4 Å². The standard InChI is InChI=1S/C12H20N4O5/c17-8-5-9(11(19)20)16(7-8)12(21)14-6-10(18)15-3-1-13-2-4-15/h8-9,13,17H,1-7H2,(H,14,21)(H,19,20)/t8?,9-/m0/s1. The fourth-order valence-electron chi connectivity index (χ4n) is 2.55. The predicted molar refractivity (Wildman–Crippen MR) is 71.6 cm³/mol. The van der Waals surface area contributed by atoms with Crippen LogP contribution in [0, 0.1) is 0 Å². The Morgan fingerprint density at radius 1 is 1.24 bits per heavy atom. The third-order valence-electron chi connectivity index (χ3n) is 3.69. The normalized spacial score (nSPS) is 25.8. The van der Waals surface area contributed by atoms with Gasteiger partial charge in [0.05, 0.1) is 12.6 Å². The van der Waals surface area contributed by atoms with Gasteiger partial charge in [-0.3, -0.25) is 4.79 Å². The van der Waals surface area contributed by atoms with E-state index in [9.17, 15) is 19.5 Å². The van der Waals surface area contributed by atoms with E-state index in [0.717, 1.165) is 18.0 Å². The Hall–Kier alpha value is -1.87. The Morgan fingerprint density at radius 3 is 2.52 bits per heavy atom. The lowest BCUT2D eigenvalue weighted by Crippen LogP contribution is -2.52. The van der Waals surface area contributed by atoms with Crippen LogP contribution in [0.3, 0.4) is 0 Å². The minimum atomic E-state index is -1.16. The average molecular weight is 300 g/mol. The minimum Gasteiger partial charge on any atom is -0.480 e. The molecule has 0 aromatic rings. The number of hydrogen-bond acceptors (Lipinski definition) is 5. The monoisotopic (exact) mass is 300 g/mol. The van der Waals surface area contributed by atoms with Crippen molar-refractivity contribution < 1.29 is 24.6 Å². The van der Waals surface area contributed by atoms with Crippen LogP contribution in [0.4, 0.5) is 4.79 Å². The summed E-state index contributed by atoms with van der Waals surface area (Å²) in [6.07, 6.45) is -0.838. The molecule has 21 heavy (non-hydrogen) atoms. The number of aliphatic hydroxyl groups is 1. The number of carbonyl (C=O) groups excluding carboxylic acids is 2. The lowest BCUT2D eigenvalue weighted by molar-refractivity contribution is -0.141. The highest BCUT2D eigenvalue weighted by Crippen LogP contribution is 2.17. The highest BCUT2D eigenvalue weighted by atomic mass is 16.4. The van der Waals surface area contributed by atoms with Gasteiger partial charge in [-0.15, -0.1) is 0 Å². The maximum absolute atomic E-state index is 12.0. The van der Waals surface area contributed by atoms with Gasteiger partial charge in [-0.2, -0.15) is 0 Å². The molecule has 0 aliphatic carbocycles. The first-order valence-electron chi connectivity index (χ1n) is 6.93. The molecule has 2 heterocycles. The van der Waals surface area contributed by atoms with E-state index >= 15 is 0 Å². The lowest BCUT2D eigenvalue weighted by atomic mass is 10.2. The van der Waals surface area contributed by atoms with Crippen molar-refractivity contribution in [3.8, 4) is 0 Å². The number of β-amino-alcohol motifs (C(OH)–C–C–N with tert-alkyl or cyclic N) is 1. The van der Waals surface area contributed by atoms with Gasteiger partial charge in [-0.25, -0.2) is 9.59 Å². The van der Waals surface area contributed by atoms with E-state index in [1.54, 1.807) is 4.90 Å². The topological polar surface area (TPSA) is 122 Å².